The van der Waals surface area contributed by atoms with Crippen LogP contribution in [0, 0.1) is 0 Å². The van der Waals surface area contributed by atoms with Gasteiger partial charge in [0.2, 0.25) is 5.91 Å². The fourth-order valence-electron chi connectivity index (χ4n) is 2.56. The van der Waals surface area contributed by atoms with E-state index in [1.807, 2.05) is 0 Å². The highest BCUT2D eigenvalue weighted by atomic mass is 32.2. The van der Waals surface area contributed by atoms with Crippen LogP contribution in [0.1, 0.15) is 34.1 Å². The SMILES string of the molecule is CCOC(=O)c1c(NC(=O)CSc2ncccn2)sc2c1CCC2. The minimum absolute atomic E-state index is 0.182. The van der Waals surface area contributed by atoms with Crippen LogP contribution in [0.2, 0.25) is 0 Å². The molecule has 1 N–H and O–H groups in total. The van der Waals surface area contributed by atoms with Gasteiger partial charge >= 0.3 is 5.97 Å². The van der Waals surface area contributed by atoms with E-state index in [4.69, 9.17) is 4.74 Å². The van der Waals surface area contributed by atoms with Crippen LogP contribution in [0.5, 0.6) is 0 Å². The molecule has 8 heteroatoms. The molecule has 2 aromatic heterocycles. The van der Waals surface area contributed by atoms with Gasteiger partial charge in [-0.15, -0.1) is 11.3 Å². The summed E-state index contributed by atoms with van der Waals surface area (Å²) < 4.78 is 5.15. The summed E-state index contributed by atoms with van der Waals surface area (Å²) in [5.41, 5.74) is 1.57. The second-order valence-corrected chi connectivity index (χ2v) is 7.20. The number of aryl methyl sites for hydroxylation is 1. The highest BCUT2D eigenvalue weighted by Gasteiger charge is 2.28. The van der Waals surface area contributed by atoms with Crippen molar-refractivity contribution in [3.8, 4) is 0 Å². The third-order valence-electron chi connectivity index (χ3n) is 3.53. The molecule has 0 atom stereocenters. The average Bonchev–Trinajstić information content (AvgIpc) is 3.14. The zero-order valence-electron chi connectivity index (χ0n) is 13.2. The van der Waals surface area contributed by atoms with Crippen LogP contribution in [-0.4, -0.2) is 34.2 Å². The van der Waals surface area contributed by atoms with E-state index in [0.717, 1.165) is 24.8 Å². The van der Waals surface area contributed by atoms with E-state index in [-0.39, 0.29) is 17.6 Å². The van der Waals surface area contributed by atoms with Gasteiger partial charge in [-0.05, 0) is 37.8 Å². The molecule has 0 aromatic carbocycles. The summed E-state index contributed by atoms with van der Waals surface area (Å²) in [7, 11) is 0. The van der Waals surface area contributed by atoms with Gasteiger partial charge in [-0.1, -0.05) is 11.8 Å². The summed E-state index contributed by atoms with van der Waals surface area (Å²) >= 11 is 2.74. The number of thioether (sulfide) groups is 1. The maximum absolute atomic E-state index is 12.3. The van der Waals surface area contributed by atoms with Gasteiger partial charge in [0.1, 0.15) is 5.00 Å². The predicted molar refractivity (Wildman–Crippen MR) is 93.7 cm³/mol. The molecule has 0 unspecified atom stereocenters. The maximum Gasteiger partial charge on any atom is 0.341 e. The first-order chi connectivity index (χ1) is 11.7. The summed E-state index contributed by atoms with van der Waals surface area (Å²) in [4.78, 5) is 33.8. The Morgan fingerprint density at radius 3 is 2.88 bits per heavy atom. The van der Waals surface area contributed by atoms with E-state index in [1.165, 1.54) is 28.0 Å². The van der Waals surface area contributed by atoms with Crippen molar-refractivity contribution in [2.24, 2.45) is 0 Å². The highest BCUT2D eigenvalue weighted by molar-refractivity contribution is 7.99. The molecule has 6 nitrogen and oxygen atoms in total. The number of nitrogens with one attached hydrogen (secondary N) is 1. The molecule has 1 amide bonds. The Labute approximate surface area is 148 Å². The summed E-state index contributed by atoms with van der Waals surface area (Å²) in [6.45, 7) is 2.09. The molecule has 2 aromatic rings. The molecule has 1 aliphatic carbocycles. The number of carbonyl (C=O) groups is 2. The van der Waals surface area contributed by atoms with Crippen molar-refractivity contribution in [1.29, 1.82) is 0 Å². The third-order valence-corrected chi connectivity index (χ3v) is 5.61. The Morgan fingerprint density at radius 1 is 1.33 bits per heavy atom. The van der Waals surface area contributed by atoms with Crippen molar-refractivity contribution in [2.75, 3.05) is 17.7 Å². The molecule has 0 saturated heterocycles. The van der Waals surface area contributed by atoms with Crippen LogP contribution < -0.4 is 5.32 Å². The fraction of sp³-hybridized carbons (Fsp3) is 0.375. The van der Waals surface area contributed by atoms with E-state index < -0.39 is 0 Å². The number of hydrogen-bond acceptors (Lipinski definition) is 7. The highest BCUT2D eigenvalue weighted by Crippen LogP contribution is 2.39. The topological polar surface area (TPSA) is 81.2 Å². The number of nitrogens with zero attached hydrogens (tertiary/aromatic N) is 2. The predicted octanol–water partition coefficient (Wildman–Crippen LogP) is 2.93. The monoisotopic (exact) mass is 363 g/mol. The zero-order valence-corrected chi connectivity index (χ0v) is 14.8. The Hall–Kier alpha value is -1.93. The number of rotatable bonds is 6. The maximum atomic E-state index is 12.3. The third kappa shape index (κ3) is 3.76. The van der Waals surface area contributed by atoms with Crippen molar-refractivity contribution in [3.63, 3.8) is 0 Å². The lowest BCUT2D eigenvalue weighted by atomic mass is 10.1. The number of hydrogen-bond donors (Lipinski definition) is 1. The molecule has 24 heavy (non-hydrogen) atoms. The minimum Gasteiger partial charge on any atom is -0.462 e. The molecule has 0 spiro atoms. The van der Waals surface area contributed by atoms with Crippen molar-refractivity contribution >= 4 is 40.0 Å². The van der Waals surface area contributed by atoms with Crippen molar-refractivity contribution in [1.82, 2.24) is 9.97 Å². The molecule has 0 fully saturated rings. The summed E-state index contributed by atoms with van der Waals surface area (Å²) in [6.07, 6.45) is 6.13. The van der Waals surface area contributed by atoms with Crippen LogP contribution >= 0.6 is 23.1 Å². The van der Waals surface area contributed by atoms with Gasteiger partial charge in [-0.25, -0.2) is 14.8 Å². The molecule has 0 bridgehead atoms. The van der Waals surface area contributed by atoms with Crippen LogP contribution in [0.4, 0.5) is 5.00 Å². The smallest absolute Gasteiger partial charge is 0.341 e. The van der Waals surface area contributed by atoms with E-state index in [1.54, 1.807) is 25.4 Å². The standard InChI is InChI=1S/C16H17N3O3S2/c1-2-22-15(21)13-10-5-3-6-11(10)24-14(13)19-12(20)9-23-16-17-7-4-8-18-16/h4,7-8H,2-3,5-6,9H2,1H3,(H,19,20). The second kappa shape index (κ2) is 7.76. The fourth-order valence-corrected chi connectivity index (χ4v) is 4.46. The van der Waals surface area contributed by atoms with Crippen LogP contribution in [0.25, 0.3) is 0 Å². The van der Waals surface area contributed by atoms with Crippen molar-refractivity contribution < 1.29 is 14.3 Å². The Kier molecular flexibility index (Phi) is 5.47. The number of carbonyl (C=O) groups excluding carboxylic acids is 2. The first-order valence-corrected chi connectivity index (χ1v) is 9.50. The molecule has 0 aliphatic heterocycles. The number of amides is 1. The lowest BCUT2D eigenvalue weighted by Crippen LogP contribution is -2.16. The molecular formula is C16H17N3O3S2. The molecule has 3 rings (SSSR count). The minimum atomic E-state index is -0.355. The first-order valence-electron chi connectivity index (χ1n) is 7.70. The quantitative estimate of drug-likeness (QED) is 0.483. The molecule has 0 radical (unpaired) electrons. The number of thiophene rings is 1. The van der Waals surface area contributed by atoms with Gasteiger partial charge < -0.3 is 10.1 Å². The number of anilines is 1. The van der Waals surface area contributed by atoms with Gasteiger partial charge in [-0.2, -0.15) is 0 Å². The number of aromatic nitrogens is 2. The van der Waals surface area contributed by atoms with E-state index in [9.17, 15) is 9.59 Å². The van der Waals surface area contributed by atoms with E-state index in [2.05, 4.69) is 15.3 Å². The first kappa shape index (κ1) is 16.9. The molecule has 1 aliphatic rings. The number of fused-ring (bicyclic) bond motifs is 1. The Balaban J connectivity index is 1.70. The Bertz CT molecular complexity index is 747. The van der Waals surface area contributed by atoms with Gasteiger partial charge in [0.15, 0.2) is 5.16 Å². The lowest BCUT2D eigenvalue weighted by Gasteiger charge is -2.07. The molecule has 126 valence electrons. The Morgan fingerprint density at radius 2 is 2.12 bits per heavy atom. The molecular weight excluding hydrogens is 346 g/mol. The lowest BCUT2D eigenvalue weighted by molar-refractivity contribution is -0.113. The second-order valence-electron chi connectivity index (χ2n) is 5.15. The average molecular weight is 363 g/mol. The van der Waals surface area contributed by atoms with Gasteiger partial charge in [0.25, 0.3) is 0 Å². The summed E-state index contributed by atoms with van der Waals surface area (Å²) in [5, 5.41) is 4.00. The summed E-state index contributed by atoms with van der Waals surface area (Å²) in [5.74, 6) is -0.348. The van der Waals surface area contributed by atoms with Crippen molar-refractivity contribution in [3.05, 3.63) is 34.5 Å². The van der Waals surface area contributed by atoms with Gasteiger partial charge in [0.05, 0.1) is 17.9 Å². The zero-order chi connectivity index (χ0) is 16.9. The van der Waals surface area contributed by atoms with Gasteiger partial charge in [-0.3, -0.25) is 4.79 Å². The van der Waals surface area contributed by atoms with Crippen LogP contribution in [0.15, 0.2) is 23.6 Å². The van der Waals surface area contributed by atoms with Crippen LogP contribution in [0.3, 0.4) is 0 Å². The normalized spacial score (nSPS) is 12.7. The number of ether oxygens (including phenoxy) is 1. The van der Waals surface area contributed by atoms with Crippen LogP contribution in [-0.2, 0) is 22.4 Å². The summed E-state index contributed by atoms with van der Waals surface area (Å²) in [6, 6.07) is 1.73. The number of esters is 1. The van der Waals surface area contributed by atoms with E-state index >= 15 is 0 Å². The molecule has 2 heterocycles. The largest absolute Gasteiger partial charge is 0.462 e. The van der Waals surface area contributed by atoms with Crippen molar-refractivity contribution in [2.45, 2.75) is 31.3 Å². The van der Waals surface area contributed by atoms with Gasteiger partial charge in [0, 0.05) is 17.3 Å². The molecule has 0 saturated carbocycles. The van der Waals surface area contributed by atoms with E-state index in [0.29, 0.717) is 22.3 Å².